The largest absolute Gasteiger partial charge is 0.486 e. The average Bonchev–Trinajstić information content (AvgIpc) is 3.32. The number of H-pyrrole nitrogens is 1. The van der Waals surface area contributed by atoms with E-state index in [1.165, 1.54) is 18.4 Å². The lowest BCUT2D eigenvalue weighted by Crippen LogP contribution is -2.20. The maximum Gasteiger partial charge on any atom is 0.201 e. The molecule has 1 fully saturated rings. The molecule has 0 spiro atoms. The van der Waals surface area contributed by atoms with Crippen molar-refractivity contribution in [3.05, 3.63) is 48.0 Å². The van der Waals surface area contributed by atoms with Crippen molar-refractivity contribution in [3.8, 4) is 11.5 Å². The molecular formula is C19H19N3O2. The molecule has 0 bridgehead atoms. The maximum atomic E-state index is 5.63. The minimum absolute atomic E-state index is 0.256. The number of aromatic amines is 1. The predicted molar refractivity (Wildman–Crippen MR) is 92.9 cm³/mol. The molecule has 0 saturated heterocycles. The van der Waals surface area contributed by atoms with Gasteiger partial charge in [-0.05, 0) is 18.4 Å². The van der Waals surface area contributed by atoms with E-state index in [2.05, 4.69) is 45.6 Å². The summed E-state index contributed by atoms with van der Waals surface area (Å²) in [6.45, 7) is 2.08. The fraction of sp³-hybridized carbons (Fsp3) is 0.316. The summed E-state index contributed by atoms with van der Waals surface area (Å²) in [5.41, 5.74) is 3.52. The van der Waals surface area contributed by atoms with Crippen LogP contribution in [0.1, 0.15) is 18.4 Å². The Morgan fingerprint density at radius 3 is 2.54 bits per heavy atom. The van der Waals surface area contributed by atoms with Crippen LogP contribution in [0.2, 0.25) is 0 Å². The third kappa shape index (κ3) is 2.28. The van der Waals surface area contributed by atoms with Crippen LogP contribution in [-0.2, 0) is 5.41 Å². The Labute approximate surface area is 140 Å². The van der Waals surface area contributed by atoms with Crippen molar-refractivity contribution >= 4 is 17.0 Å². The molecule has 2 aliphatic rings. The van der Waals surface area contributed by atoms with Crippen LogP contribution in [0.4, 0.5) is 5.95 Å². The summed E-state index contributed by atoms with van der Waals surface area (Å²) in [6.07, 6.45) is 2.44. The Bertz CT molecular complexity index is 841. The first-order valence-electron chi connectivity index (χ1n) is 8.41. The van der Waals surface area contributed by atoms with Gasteiger partial charge in [0.15, 0.2) is 11.5 Å². The number of hydrogen-bond donors (Lipinski definition) is 2. The zero-order chi connectivity index (χ0) is 16.0. The van der Waals surface area contributed by atoms with Crippen molar-refractivity contribution in [2.24, 2.45) is 0 Å². The standard InChI is InChI=1S/C19H19N3O2/c1-2-4-13(5-3-1)19(6-7-19)12-20-18-21-14-10-16-17(11-15(14)22-18)24-9-8-23-16/h1-5,10-11H,6-9,12H2,(H2,20,21,22). The molecule has 3 aromatic rings. The van der Waals surface area contributed by atoms with Crippen molar-refractivity contribution in [1.82, 2.24) is 9.97 Å². The van der Waals surface area contributed by atoms with Gasteiger partial charge < -0.3 is 19.8 Å². The quantitative estimate of drug-likeness (QED) is 0.772. The topological polar surface area (TPSA) is 59.2 Å². The number of aromatic nitrogens is 2. The Kier molecular flexibility index (Phi) is 2.95. The summed E-state index contributed by atoms with van der Waals surface area (Å²) < 4.78 is 11.3. The highest BCUT2D eigenvalue weighted by molar-refractivity contribution is 5.81. The molecule has 1 aliphatic carbocycles. The van der Waals surface area contributed by atoms with Crippen molar-refractivity contribution < 1.29 is 9.47 Å². The fourth-order valence-electron chi connectivity index (χ4n) is 3.39. The number of ether oxygens (including phenoxy) is 2. The Hall–Kier alpha value is -2.69. The number of hydrogen-bond acceptors (Lipinski definition) is 4. The van der Waals surface area contributed by atoms with Crippen molar-refractivity contribution in [2.45, 2.75) is 18.3 Å². The molecule has 0 unspecified atom stereocenters. The highest BCUT2D eigenvalue weighted by Gasteiger charge is 2.43. The molecule has 2 heterocycles. The third-order valence-electron chi connectivity index (χ3n) is 4.98. The summed E-state index contributed by atoms with van der Waals surface area (Å²) in [4.78, 5) is 7.98. The van der Waals surface area contributed by atoms with Gasteiger partial charge in [0, 0.05) is 24.1 Å². The van der Waals surface area contributed by atoms with Crippen LogP contribution in [-0.4, -0.2) is 29.7 Å². The first-order valence-corrected chi connectivity index (χ1v) is 8.41. The molecule has 2 aromatic carbocycles. The van der Waals surface area contributed by atoms with Crippen LogP contribution in [0.5, 0.6) is 11.5 Å². The van der Waals surface area contributed by atoms with Crippen molar-refractivity contribution in [3.63, 3.8) is 0 Å². The highest BCUT2D eigenvalue weighted by Crippen LogP contribution is 2.48. The highest BCUT2D eigenvalue weighted by atomic mass is 16.6. The number of rotatable bonds is 4. The van der Waals surface area contributed by atoms with Gasteiger partial charge in [-0.25, -0.2) is 4.98 Å². The summed E-state index contributed by atoms with van der Waals surface area (Å²) in [5, 5.41) is 3.48. The van der Waals surface area contributed by atoms with Crippen LogP contribution in [0.25, 0.3) is 11.0 Å². The van der Waals surface area contributed by atoms with E-state index in [0.29, 0.717) is 13.2 Å². The molecule has 5 heteroatoms. The smallest absolute Gasteiger partial charge is 0.201 e. The van der Waals surface area contributed by atoms with Crippen LogP contribution in [0.3, 0.4) is 0 Å². The van der Waals surface area contributed by atoms with Gasteiger partial charge in [0.2, 0.25) is 5.95 Å². The number of anilines is 1. The number of nitrogens with zero attached hydrogens (tertiary/aromatic N) is 1. The van der Waals surface area contributed by atoms with E-state index in [1.807, 2.05) is 12.1 Å². The van der Waals surface area contributed by atoms with Gasteiger partial charge in [0.1, 0.15) is 13.2 Å². The number of fused-ring (bicyclic) bond motifs is 2. The van der Waals surface area contributed by atoms with E-state index in [9.17, 15) is 0 Å². The molecule has 0 amide bonds. The first-order chi connectivity index (χ1) is 11.8. The minimum Gasteiger partial charge on any atom is -0.486 e. The van der Waals surface area contributed by atoms with Gasteiger partial charge in [-0.2, -0.15) is 0 Å². The second-order valence-electron chi connectivity index (χ2n) is 6.60. The number of benzene rings is 2. The zero-order valence-corrected chi connectivity index (χ0v) is 13.3. The number of imidazole rings is 1. The summed E-state index contributed by atoms with van der Waals surface area (Å²) in [5.74, 6) is 2.36. The molecular weight excluding hydrogens is 302 g/mol. The Morgan fingerprint density at radius 2 is 1.79 bits per heavy atom. The Morgan fingerprint density at radius 1 is 1.04 bits per heavy atom. The van der Waals surface area contributed by atoms with E-state index < -0.39 is 0 Å². The van der Waals surface area contributed by atoms with Gasteiger partial charge in [0.25, 0.3) is 0 Å². The van der Waals surface area contributed by atoms with Crippen LogP contribution in [0.15, 0.2) is 42.5 Å². The second kappa shape index (κ2) is 5.16. The molecule has 1 saturated carbocycles. The van der Waals surface area contributed by atoms with Gasteiger partial charge in [-0.1, -0.05) is 30.3 Å². The lowest BCUT2D eigenvalue weighted by Gasteiger charge is -2.17. The van der Waals surface area contributed by atoms with Crippen molar-refractivity contribution in [1.29, 1.82) is 0 Å². The fourth-order valence-corrected chi connectivity index (χ4v) is 3.39. The molecule has 24 heavy (non-hydrogen) atoms. The molecule has 0 atom stereocenters. The van der Waals surface area contributed by atoms with Crippen molar-refractivity contribution in [2.75, 3.05) is 25.1 Å². The van der Waals surface area contributed by atoms with Gasteiger partial charge >= 0.3 is 0 Å². The first kappa shape index (κ1) is 13.7. The van der Waals surface area contributed by atoms with Crippen LogP contribution >= 0.6 is 0 Å². The van der Waals surface area contributed by atoms with Gasteiger partial charge in [-0.15, -0.1) is 0 Å². The van der Waals surface area contributed by atoms with Crippen LogP contribution in [0, 0.1) is 0 Å². The van der Waals surface area contributed by atoms with E-state index in [-0.39, 0.29) is 5.41 Å². The normalized spacial score (nSPS) is 17.7. The molecule has 0 radical (unpaired) electrons. The number of nitrogens with one attached hydrogen (secondary N) is 2. The molecule has 122 valence electrons. The van der Waals surface area contributed by atoms with E-state index >= 15 is 0 Å². The Balaban J connectivity index is 1.38. The molecule has 5 nitrogen and oxygen atoms in total. The predicted octanol–water partition coefficient (Wildman–Crippen LogP) is 3.48. The molecule has 2 N–H and O–H groups in total. The SMILES string of the molecule is c1ccc(C2(CNc3nc4cc5c(cc4[nH]3)OCCO5)CC2)cc1. The molecule has 5 rings (SSSR count). The lowest BCUT2D eigenvalue weighted by atomic mass is 9.96. The lowest BCUT2D eigenvalue weighted by molar-refractivity contribution is 0.172. The minimum atomic E-state index is 0.256. The van der Waals surface area contributed by atoms with Crippen LogP contribution < -0.4 is 14.8 Å². The monoisotopic (exact) mass is 321 g/mol. The summed E-state index contributed by atoms with van der Waals surface area (Å²) >= 11 is 0. The molecule has 1 aromatic heterocycles. The van der Waals surface area contributed by atoms with E-state index in [1.54, 1.807) is 0 Å². The van der Waals surface area contributed by atoms with E-state index in [0.717, 1.165) is 35.0 Å². The summed E-state index contributed by atoms with van der Waals surface area (Å²) in [7, 11) is 0. The zero-order valence-electron chi connectivity index (χ0n) is 13.3. The second-order valence-corrected chi connectivity index (χ2v) is 6.60. The summed E-state index contributed by atoms with van der Waals surface area (Å²) in [6, 6.07) is 14.6. The van der Waals surface area contributed by atoms with E-state index in [4.69, 9.17) is 9.47 Å². The van der Waals surface area contributed by atoms with Gasteiger partial charge in [0.05, 0.1) is 11.0 Å². The third-order valence-corrected chi connectivity index (χ3v) is 4.98. The molecule has 1 aliphatic heterocycles. The van der Waals surface area contributed by atoms with Gasteiger partial charge in [-0.3, -0.25) is 0 Å². The maximum absolute atomic E-state index is 5.63. The average molecular weight is 321 g/mol.